The van der Waals surface area contributed by atoms with Crippen LogP contribution < -0.4 is 30.1 Å². The second kappa shape index (κ2) is 12.4. The first-order valence-corrected chi connectivity index (χ1v) is 1.74. The quantitative estimate of drug-likeness (QED) is 0.210. The van der Waals surface area contributed by atoms with Crippen LogP contribution in [0.15, 0.2) is 0 Å². The van der Waals surface area contributed by atoms with E-state index in [-0.39, 0.29) is 25.0 Å². The monoisotopic (exact) mass is 175 g/mol. The Bertz CT molecular complexity index is 141. The fourth-order valence-electron chi connectivity index (χ4n) is 0. The van der Waals surface area contributed by atoms with E-state index in [1.165, 1.54) is 0 Å². The molecule has 66 valence electrons. The molecule has 12 heavy (non-hydrogen) atoms. The maximum absolute atomic E-state index is 9.10. The van der Waals surface area contributed by atoms with Gasteiger partial charge in [0, 0.05) is 0 Å². The largest absolute Gasteiger partial charge is 1.00 e. The van der Waals surface area contributed by atoms with Crippen molar-refractivity contribution in [3.63, 3.8) is 0 Å². The number of carboxylic acids is 2. The summed E-state index contributed by atoms with van der Waals surface area (Å²) in [4.78, 5) is 26.6. The van der Waals surface area contributed by atoms with Crippen molar-refractivity contribution in [1.29, 1.82) is 0 Å². The molecule has 0 aromatic rings. The van der Waals surface area contributed by atoms with Crippen molar-refractivity contribution < 1.29 is 53.7 Å². The molecule has 0 fully saturated rings. The van der Waals surface area contributed by atoms with Crippen molar-refractivity contribution in [2.75, 3.05) is 0 Å². The fraction of sp³-hybridized carbons (Fsp3) is 0. The second-order valence-corrected chi connectivity index (χ2v) is 0.876. The average molecular weight is 175 g/mol. The van der Waals surface area contributed by atoms with Crippen LogP contribution >= 0.6 is 0 Å². The van der Waals surface area contributed by atoms with E-state index < -0.39 is 18.1 Å². The molecule has 0 amide bonds. The summed E-state index contributed by atoms with van der Waals surface area (Å²) in [5.41, 5.74) is 0. The summed E-state index contributed by atoms with van der Waals surface area (Å²) in [5.74, 6) is -3.65. The van der Waals surface area contributed by atoms with E-state index in [1.807, 2.05) is 0 Å². The summed E-state index contributed by atoms with van der Waals surface area (Å²) in [7, 11) is 0. The third kappa shape index (κ3) is 69.1. The third-order valence-corrected chi connectivity index (χ3v) is 0.183. The van der Waals surface area contributed by atoms with Gasteiger partial charge in [-0.2, -0.15) is 0 Å². The zero-order valence-corrected chi connectivity index (χ0v) is 6.18. The topological polar surface area (TPSA) is 170 Å². The van der Waals surface area contributed by atoms with Gasteiger partial charge in [0.05, 0.1) is 0 Å². The Kier molecular flexibility index (Phi) is 23.3. The molecule has 0 aromatic heterocycles. The minimum atomic E-state index is -2.08. The molecule has 0 aromatic carbocycles. The number of rotatable bonds is 0. The Morgan fingerprint density at radius 1 is 0.917 bits per heavy atom. The van der Waals surface area contributed by atoms with Crippen LogP contribution in [0.1, 0.15) is 0 Å². The van der Waals surface area contributed by atoms with Gasteiger partial charge in [-0.1, -0.05) is 0 Å². The van der Waals surface area contributed by atoms with Gasteiger partial charge in [-0.25, -0.2) is 9.59 Å². The van der Waals surface area contributed by atoms with Gasteiger partial charge in [0.15, 0.2) is 0 Å². The second-order valence-electron chi connectivity index (χ2n) is 0.876. The summed E-state index contributed by atoms with van der Waals surface area (Å²) in [5, 5.41) is 30.1. The van der Waals surface area contributed by atoms with Crippen molar-refractivity contribution in [2.24, 2.45) is 0 Å². The molecule has 0 heterocycles. The Labute approximate surface area is 78.6 Å². The molecule has 0 spiro atoms. The average Bonchev–Trinajstić information content (AvgIpc) is 1.63. The summed E-state index contributed by atoms with van der Waals surface area (Å²) in [6.07, 6.45) is -2.08. The van der Waals surface area contributed by atoms with Crippen LogP contribution in [0, 0.1) is 0 Å². The summed E-state index contributed by atoms with van der Waals surface area (Å²) < 4.78 is 0. The van der Waals surface area contributed by atoms with Gasteiger partial charge < -0.3 is 31.4 Å². The van der Waals surface area contributed by atoms with Gasteiger partial charge in [0.1, 0.15) is 0 Å². The first-order valence-electron chi connectivity index (χ1n) is 1.74. The van der Waals surface area contributed by atoms with E-state index >= 15 is 0 Å². The maximum Gasteiger partial charge on any atom is 1.00 e. The van der Waals surface area contributed by atoms with Crippen molar-refractivity contribution in [3.8, 4) is 0 Å². The molecule has 0 aliphatic rings. The number of carboxylic acid groups (broad SMARTS) is 4. The molecule has 9 heteroatoms. The standard InChI is InChI=1S/C2H2O4.CH2O3.Li.H3N/c3-1(4)2(5)6;2-1(3)4;;/h(H,3,4)(H,5,6);(H2,2,3,4);;1H3/q;;+1;/p-1. The van der Waals surface area contributed by atoms with Crippen LogP contribution in [-0.2, 0) is 9.59 Å². The molecule has 0 radical (unpaired) electrons. The van der Waals surface area contributed by atoms with Gasteiger partial charge in [0.2, 0.25) is 6.16 Å². The normalized spacial score (nSPS) is 5.67. The van der Waals surface area contributed by atoms with Crippen LogP contribution in [0.2, 0.25) is 0 Å². The van der Waals surface area contributed by atoms with Gasteiger partial charge in [-0.15, -0.1) is 0 Å². The first-order chi connectivity index (χ1) is 4.37. The molecule has 0 bridgehead atoms. The van der Waals surface area contributed by atoms with Gasteiger partial charge in [0.25, 0.3) is 0 Å². The number of aliphatic carboxylic acids is 2. The van der Waals surface area contributed by atoms with Crippen LogP contribution in [0.25, 0.3) is 0 Å². The molecule has 0 saturated heterocycles. The van der Waals surface area contributed by atoms with Crippen LogP contribution in [-0.4, -0.2) is 33.4 Å². The van der Waals surface area contributed by atoms with E-state index in [0.29, 0.717) is 0 Å². The summed E-state index contributed by atoms with van der Waals surface area (Å²) in [6.45, 7) is 0. The molecule has 0 saturated carbocycles. The van der Waals surface area contributed by atoms with E-state index in [4.69, 9.17) is 34.8 Å². The predicted molar refractivity (Wildman–Crippen MR) is 28.3 cm³/mol. The smallest absolute Gasteiger partial charge is 0.565 e. The predicted octanol–water partition coefficient (Wildman–Crippen LogP) is -4.79. The first kappa shape index (κ1) is 22.4. The minimum absolute atomic E-state index is 0. The zero-order chi connectivity index (χ0) is 8.73. The number of hydrogen-bond acceptors (Lipinski definition) is 5. The van der Waals surface area contributed by atoms with Gasteiger partial charge in [-0.3, -0.25) is 0 Å². The van der Waals surface area contributed by atoms with Crippen molar-refractivity contribution in [2.45, 2.75) is 0 Å². The molecule has 0 atom stereocenters. The maximum atomic E-state index is 9.10. The van der Waals surface area contributed by atoms with Gasteiger partial charge >= 0.3 is 30.8 Å². The van der Waals surface area contributed by atoms with Gasteiger partial charge in [-0.05, 0) is 0 Å². The Balaban J connectivity index is -0.0000000483. The third-order valence-electron chi connectivity index (χ3n) is 0.183. The molecule has 0 rings (SSSR count). The Morgan fingerprint density at radius 3 is 1.00 bits per heavy atom. The van der Waals surface area contributed by atoms with Crippen LogP contribution in [0.5, 0.6) is 0 Å². The Hall–Kier alpha value is -1.23. The molecule has 8 nitrogen and oxygen atoms in total. The van der Waals surface area contributed by atoms with E-state index in [0.717, 1.165) is 0 Å². The van der Waals surface area contributed by atoms with Crippen LogP contribution in [0.4, 0.5) is 4.79 Å². The van der Waals surface area contributed by atoms with Crippen molar-refractivity contribution in [1.82, 2.24) is 6.15 Å². The molecule has 0 aliphatic carbocycles. The molecule has 0 aliphatic heterocycles. The molecule has 0 unspecified atom stereocenters. The Morgan fingerprint density at radius 2 is 1.00 bits per heavy atom. The molecule has 6 N–H and O–H groups in total. The molecular formula is C3H6LiNO7. The fourth-order valence-corrected chi connectivity index (χ4v) is 0. The number of carbonyl (C=O) groups is 3. The van der Waals surface area contributed by atoms with E-state index in [1.54, 1.807) is 0 Å². The van der Waals surface area contributed by atoms with Crippen LogP contribution in [0.3, 0.4) is 0 Å². The molecular weight excluding hydrogens is 169 g/mol. The minimum Gasteiger partial charge on any atom is -0.565 e. The summed E-state index contributed by atoms with van der Waals surface area (Å²) in [6, 6.07) is 0. The number of hydrogen-bond donors (Lipinski definition) is 4. The van der Waals surface area contributed by atoms with E-state index in [9.17, 15) is 0 Å². The SMILES string of the molecule is N.O=C(O)C(=O)O.O=C([O-])O.[Li+]. The van der Waals surface area contributed by atoms with Crippen molar-refractivity contribution >= 4 is 18.1 Å². The van der Waals surface area contributed by atoms with Crippen molar-refractivity contribution in [3.05, 3.63) is 0 Å². The summed E-state index contributed by atoms with van der Waals surface area (Å²) >= 11 is 0. The zero-order valence-electron chi connectivity index (χ0n) is 6.18. The van der Waals surface area contributed by atoms with E-state index in [2.05, 4.69) is 0 Å².